The van der Waals surface area contributed by atoms with E-state index in [0.29, 0.717) is 10.9 Å². The van der Waals surface area contributed by atoms with Crippen LogP contribution in [0.4, 0.5) is 5.69 Å². The third-order valence-corrected chi connectivity index (χ3v) is 3.92. The van der Waals surface area contributed by atoms with E-state index in [1.165, 1.54) is 18.4 Å². The standard InChI is InChI=1S/C11H18N2O2S/c1-9(2)12-10-5-7-11(8-6-10)16(14,15)13(3)4/h5-9,12H,1-4H3. The van der Waals surface area contributed by atoms with E-state index in [0.717, 1.165) is 5.69 Å². The molecule has 0 aliphatic carbocycles. The summed E-state index contributed by atoms with van der Waals surface area (Å²) in [5, 5.41) is 3.20. The molecule has 0 saturated heterocycles. The number of anilines is 1. The molecule has 16 heavy (non-hydrogen) atoms. The van der Waals surface area contributed by atoms with Gasteiger partial charge in [-0.1, -0.05) is 0 Å². The van der Waals surface area contributed by atoms with Crippen LogP contribution in [-0.2, 0) is 10.0 Å². The Hall–Kier alpha value is -1.07. The lowest BCUT2D eigenvalue weighted by Crippen LogP contribution is -2.22. The first-order chi connectivity index (χ1) is 7.34. The maximum atomic E-state index is 11.8. The molecule has 0 fully saturated rings. The van der Waals surface area contributed by atoms with E-state index < -0.39 is 10.0 Å². The normalized spacial score (nSPS) is 12.1. The van der Waals surface area contributed by atoms with Crippen LogP contribution in [0.15, 0.2) is 29.2 Å². The van der Waals surface area contributed by atoms with Crippen LogP contribution < -0.4 is 5.32 Å². The fourth-order valence-electron chi connectivity index (χ4n) is 1.27. The van der Waals surface area contributed by atoms with E-state index >= 15 is 0 Å². The Kier molecular flexibility index (Phi) is 3.93. The lowest BCUT2D eigenvalue weighted by Gasteiger charge is -2.13. The van der Waals surface area contributed by atoms with Crippen molar-refractivity contribution in [3.05, 3.63) is 24.3 Å². The van der Waals surface area contributed by atoms with Crippen molar-refractivity contribution >= 4 is 15.7 Å². The minimum atomic E-state index is -3.32. The molecule has 1 N–H and O–H groups in total. The minimum absolute atomic E-state index is 0.312. The van der Waals surface area contributed by atoms with Gasteiger partial charge < -0.3 is 5.32 Å². The van der Waals surface area contributed by atoms with Gasteiger partial charge in [0.15, 0.2) is 0 Å². The Morgan fingerprint density at radius 2 is 1.62 bits per heavy atom. The molecule has 0 heterocycles. The smallest absolute Gasteiger partial charge is 0.242 e. The van der Waals surface area contributed by atoms with Crippen LogP contribution in [0.3, 0.4) is 0 Å². The van der Waals surface area contributed by atoms with Gasteiger partial charge in [0.25, 0.3) is 0 Å². The van der Waals surface area contributed by atoms with Gasteiger partial charge in [0.05, 0.1) is 4.90 Å². The predicted octanol–water partition coefficient (Wildman–Crippen LogP) is 1.76. The average molecular weight is 242 g/mol. The van der Waals surface area contributed by atoms with E-state index in [1.807, 2.05) is 13.8 Å². The summed E-state index contributed by atoms with van der Waals surface area (Å²) in [5.41, 5.74) is 0.924. The van der Waals surface area contributed by atoms with Crippen LogP contribution in [0, 0.1) is 0 Å². The fraction of sp³-hybridized carbons (Fsp3) is 0.455. The zero-order valence-electron chi connectivity index (χ0n) is 10.1. The van der Waals surface area contributed by atoms with Crippen molar-refractivity contribution in [2.45, 2.75) is 24.8 Å². The first-order valence-electron chi connectivity index (χ1n) is 5.13. The van der Waals surface area contributed by atoms with Crippen LogP contribution in [0.25, 0.3) is 0 Å². The number of nitrogens with zero attached hydrogens (tertiary/aromatic N) is 1. The maximum Gasteiger partial charge on any atom is 0.242 e. The van der Waals surface area contributed by atoms with Crippen molar-refractivity contribution < 1.29 is 8.42 Å². The molecule has 0 spiro atoms. The van der Waals surface area contributed by atoms with Gasteiger partial charge in [-0.25, -0.2) is 12.7 Å². The number of benzene rings is 1. The molecule has 1 rings (SSSR count). The van der Waals surface area contributed by atoms with Crippen molar-refractivity contribution in [3.8, 4) is 0 Å². The molecule has 0 bridgehead atoms. The van der Waals surface area contributed by atoms with Crippen LogP contribution in [0.2, 0.25) is 0 Å². The van der Waals surface area contributed by atoms with Gasteiger partial charge in [0.1, 0.15) is 0 Å². The number of rotatable bonds is 4. The second kappa shape index (κ2) is 4.84. The molecule has 0 aliphatic heterocycles. The van der Waals surface area contributed by atoms with Crippen LogP contribution in [0.5, 0.6) is 0 Å². The number of hydrogen-bond acceptors (Lipinski definition) is 3. The Balaban J connectivity index is 2.96. The number of sulfonamides is 1. The third kappa shape index (κ3) is 2.96. The van der Waals surface area contributed by atoms with Gasteiger partial charge in [-0.05, 0) is 38.1 Å². The number of nitrogens with one attached hydrogen (secondary N) is 1. The monoisotopic (exact) mass is 242 g/mol. The Labute approximate surface area is 97.3 Å². The molecule has 0 amide bonds. The quantitative estimate of drug-likeness (QED) is 0.875. The molecule has 5 heteroatoms. The second-order valence-electron chi connectivity index (χ2n) is 4.11. The molecule has 0 saturated carbocycles. The average Bonchev–Trinajstić information content (AvgIpc) is 2.17. The van der Waals surface area contributed by atoms with E-state index in [9.17, 15) is 8.42 Å². The molecule has 1 aromatic rings. The molecular formula is C11H18N2O2S. The molecule has 90 valence electrons. The molecular weight excluding hydrogens is 224 g/mol. The first-order valence-corrected chi connectivity index (χ1v) is 6.57. The highest BCUT2D eigenvalue weighted by Gasteiger charge is 2.16. The Morgan fingerprint density at radius 3 is 2.00 bits per heavy atom. The number of hydrogen-bond donors (Lipinski definition) is 1. The van der Waals surface area contributed by atoms with Crippen molar-refractivity contribution in [2.75, 3.05) is 19.4 Å². The second-order valence-corrected chi connectivity index (χ2v) is 6.26. The van der Waals surface area contributed by atoms with Gasteiger partial charge in [-0.2, -0.15) is 0 Å². The van der Waals surface area contributed by atoms with Gasteiger partial charge >= 0.3 is 0 Å². The topological polar surface area (TPSA) is 49.4 Å². The van der Waals surface area contributed by atoms with E-state index in [1.54, 1.807) is 24.3 Å². The van der Waals surface area contributed by atoms with Crippen LogP contribution in [-0.4, -0.2) is 32.9 Å². The summed E-state index contributed by atoms with van der Waals surface area (Å²) < 4.78 is 24.7. The van der Waals surface area contributed by atoms with Gasteiger partial charge in [0, 0.05) is 25.8 Å². The Morgan fingerprint density at radius 1 is 1.12 bits per heavy atom. The van der Waals surface area contributed by atoms with Crippen molar-refractivity contribution in [1.82, 2.24) is 4.31 Å². The highest BCUT2D eigenvalue weighted by Crippen LogP contribution is 2.16. The SMILES string of the molecule is CC(C)Nc1ccc(S(=O)(=O)N(C)C)cc1. The highest BCUT2D eigenvalue weighted by molar-refractivity contribution is 7.89. The summed E-state index contributed by atoms with van der Waals surface area (Å²) in [6.07, 6.45) is 0. The highest BCUT2D eigenvalue weighted by atomic mass is 32.2. The summed E-state index contributed by atoms with van der Waals surface area (Å²) >= 11 is 0. The third-order valence-electron chi connectivity index (χ3n) is 2.09. The van der Waals surface area contributed by atoms with Crippen LogP contribution in [0.1, 0.15) is 13.8 Å². The van der Waals surface area contributed by atoms with Crippen LogP contribution >= 0.6 is 0 Å². The van der Waals surface area contributed by atoms with E-state index in [4.69, 9.17) is 0 Å². The molecule has 0 unspecified atom stereocenters. The minimum Gasteiger partial charge on any atom is -0.383 e. The van der Waals surface area contributed by atoms with Gasteiger partial charge in [-0.15, -0.1) is 0 Å². The summed E-state index contributed by atoms with van der Waals surface area (Å²) in [7, 11) is -0.270. The molecule has 0 aromatic heterocycles. The molecule has 1 aromatic carbocycles. The fourth-order valence-corrected chi connectivity index (χ4v) is 2.17. The summed E-state index contributed by atoms with van der Waals surface area (Å²) in [5.74, 6) is 0. The summed E-state index contributed by atoms with van der Waals surface area (Å²) in [6.45, 7) is 4.06. The lowest BCUT2D eigenvalue weighted by atomic mass is 10.3. The van der Waals surface area contributed by atoms with E-state index in [-0.39, 0.29) is 0 Å². The molecule has 0 radical (unpaired) electrons. The Bertz CT molecular complexity index is 436. The zero-order chi connectivity index (χ0) is 12.3. The molecule has 0 aliphatic rings. The predicted molar refractivity (Wildman–Crippen MR) is 66.1 cm³/mol. The van der Waals surface area contributed by atoms with Gasteiger partial charge in [0.2, 0.25) is 10.0 Å². The largest absolute Gasteiger partial charge is 0.383 e. The van der Waals surface area contributed by atoms with Crippen molar-refractivity contribution in [3.63, 3.8) is 0 Å². The van der Waals surface area contributed by atoms with Crippen molar-refractivity contribution in [2.24, 2.45) is 0 Å². The lowest BCUT2D eigenvalue weighted by molar-refractivity contribution is 0.521. The molecule has 0 atom stereocenters. The zero-order valence-corrected chi connectivity index (χ0v) is 10.9. The van der Waals surface area contributed by atoms with Gasteiger partial charge in [-0.3, -0.25) is 0 Å². The molecule has 4 nitrogen and oxygen atoms in total. The summed E-state index contributed by atoms with van der Waals surface area (Å²) in [6, 6.07) is 7.10. The maximum absolute atomic E-state index is 11.8. The summed E-state index contributed by atoms with van der Waals surface area (Å²) in [4.78, 5) is 0.312. The van der Waals surface area contributed by atoms with Crippen molar-refractivity contribution in [1.29, 1.82) is 0 Å². The first kappa shape index (κ1) is 13.0. The van der Waals surface area contributed by atoms with E-state index in [2.05, 4.69) is 5.32 Å².